The minimum absolute atomic E-state index is 0.0771. The summed E-state index contributed by atoms with van der Waals surface area (Å²) >= 11 is 0. The van der Waals surface area contributed by atoms with Crippen LogP contribution in [0.2, 0.25) is 0 Å². The van der Waals surface area contributed by atoms with Crippen LogP contribution in [0.3, 0.4) is 0 Å². The molecule has 4 rings (SSSR count). The molecule has 0 unspecified atom stereocenters. The third-order valence-corrected chi connectivity index (χ3v) is 5.49. The Kier molecular flexibility index (Phi) is 5.82. The summed E-state index contributed by atoms with van der Waals surface area (Å²) in [4.78, 5) is 18.0. The second kappa shape index (κ2) is 8.70. The summed E-state index contributed by atoms with van der Waals surface area (Å²) in [6.45, 7) is 4.70. The average molecular weight is 414 g/mol. The maximum Gasteiger partial charge on any atom is 0.252 e. The van der Waals surface area contributed by atoms with Crippen LogP contribution in [0.4, 0.5) is 0 Å². The highest BCUT2D eigenvalue weighted by molar-refractivity contribution is 5.96. The Morgan fingerprint density at radius 2 is 1.97 bits per heavy atom. The lowest BCUT2D eigenvalue weighted by Crippen LogP contribution is -2.27. The van der Waals surface area contributed by atoms with Gasteiger partial charge in [0.2, 0.25) is 0 Å². The lowest BCUT2D eigenvalue weighted by Gasteiger charge is -2.18. The summed E-state index contributed by atoms with van der Waals surface area (Å²) < 4.78 is 1.76. The standard InChI is InChI=1S/C25H27N5O/c1-16-9-10-18(13-26-3)11-21(16)25(31)28-17(2)22-12-24(19-14-27-30(4)15-19)29-23-8-6-5-7-20(22)23/h5-12,14-15,17,26H,13H2,1-4H3,(H,28,31)/t17-/m1/s1. The van der Waals surface area contributed by atoms with Crippen molar-refractivity contribution in [1.29, 1.82) is 0 Å². The zero-order valence-corrected chi connectivity index (χ0v) is 18.3. The van der Waals surface area contributed by atoms with Crippen molar-refractivity contribution in [3.05, 3.63) is 83.2 Å². The number of hydrogen-bond acceptors (Lipinski definition) is 4. The van der Waals surface area contributed by atoms with Crippen LogP contribution in [0, 0.1) is 6.92 Å². The van der Waals surface area contributed by atoms with E-state index in [1.54, 1.807) is 10.9 Å². The Morgan fingerprint density at radius 1 is 1.16 bits per heavy atom. The van der Waals surface area contributed by atoms with Gasteiger partial charge in [-0.25, -0.2) is 4.98 Å². The smallest absolute Gasteiger partial charge is 0.252 e. The van der Waals surface area contributed by atoms with Gasteiger partial charge >= 0.3 is 0 Å². The van der Waals surface area contributed by atoms with Crippen LogP contribution in [0.1, 0.15) is 40.0 Å². The van der Waals surface area contributed by atoms with Crippen LogP contribution in [0.15, 0.2) is 60.9 Å². The fraction of sp³-hybridized carbons (Fsp3) is 0.240. The van der Waals surface area contributed by atoms with Crippen LogP contribution in [-0.2, 0) is 13.6 Å². The van der Waals surface area contributed by atoms with E-state index in [0.717, 1.165) is 45.4 Å². The van der Waals surface area contributed by atoms with Crippen molar-refractivity contribution in [2.75, 3.05) is 7.05 Å². The summed E-state index contributed by atoms with van der Waals surface area (Å²) in [5.74, 6) is -0.0771. The Hall–Kier alpha value is -3.51. The van der Waals surface area contributed by atoms with Gasteiger partial charge in [0.05, 0.1) is 23.4 Å². The molecular weight excluding hydrogens is 386 g/mol. The number of carbonyl (C=O) groups is 1. The molecule has 0 saturated heterocycles. The average Bonchev–Trinajstić information content (AvgIpc) is 3.20. The van der Waals surface area contributed by atoms with E-state index in [1.807, 2.05) is 76.6 Å². The Bertz CT molecular complexity index is 1240. The van der Waals surface area contributed by atoms with Crippen molar-refractivity contribution >= 4 is 16.8 Å². The van der Waals surface area contributed by atoms with Gasteiger partial charge in [-0.2, -0.15) is 5.10 Å². The van der Waals surface area contributed by atoms with Gasteiger partial charge in [0.25, 0.3) is 5.91 Å². The van der Waals surface area contributed by atoms with E-state index in [0.29, 0.717) is 5.56 Å². The van der Waals surface area contributed by atoms with Gasteiger partial charge in [-0.15, -0.1) is 0 Å². The highest BCUT2D eigenvalue weighted by Gasteiger charge is 2.18. The van der Waals surface area contributed by atoms with Gasteiger partial charge in [0, 0.05) is 36.3 Å². The number of benzene rings is 2. The van der Waals surface area contributed by atoms with E-state index in [-0.39, 0.29) is 11.9 Å². The number of nitrogens with one attached hydrogen (secondary N) is 2. The molecule has 0 spiro atoms. The fourth-order valence-corrected chi connectivity index (χ4v) is 3.84. The minimum Gasteiger partial charge on any atom is -0.345 e. The Labute approximate surface area is 182 Å². The molecule has 2 heterocycles. The molecule has 0 bridgehead atoms. The number of para-hydroxylation sites is 1. The molecule has 0 aliphatic heterocycles. The molecule has 0 aliphatic rings. The number of aryl methyl sites for hydroxylation is 2. The number of amides is 1. The van der Waals surface area contributed by atoms with E-state index in [9.17, 15) is 4.79 Å². The molecule has 2 aromatic heterocycles. The van der Waals surface area contributed by atoms with Crippen molar-refractivity contribution in [2.45, 2.75) is 26.4 Å². The summed E-state index contributed by atoms with van der Waals surface area (Å²) in [7, 11) is 3.79. The molecule has 0 saturated carbocycles. The molecule has 158 valence electrons. The first-order valence-electron chi connectivity index (χ1n) is 10.4. The number of pyridine rings is 1. The number of hydrogen-bond donors (Lipinski definition) is 2. The second-order valence-corrected chi connectivity index (χ2v) is 7.89. The third-order valence-electron chi connectivity index (χ3n) is 5.49. The molecule has 31 heavy (non-hydrogen) atoms. The minimum atomic E-state index is -0.192. The van der Waals surface area contributed by atoms with E-state index >= 15 is 0 Å². The second-order valence-electron chi connectivity index (χ2n) is 7.89. The quantitative estimate of drug-likeness (QED) is 0.498. The number of rotatable bonds is 6. The first kappa shape index (κ1) is 20.8. The number of aromatic nitrogens is 3. The first-order chi connectivity index (χ1) is 15.0. The largest absolute Gasteiger partial charge is 0.345 e. The number of carbonyl (C=O) groups excluding carboxylic acids is 1. The molecule has 1 amide bonds. The van der Waals surface area contributed by atoms with E-state index in [2.05, 4.69) is 21.8 Å². The Balaban J connectivity index is 1.70. The lowest BCUT2D eigenvalue weighted by atomic mass is 9.99. The van der Waals surface area contributed by atoms with E-state index < -0.39 is 0 Å². The predicted octanol–water partition coefficient (Wildman–Crippen LogP) is 4.15. The zero-order valence-electron chi connectivity index (χ0n) is 18.3. The highest BCUT2D eigenvalue weighted by atomic mass is 16.1. The maximum atomic E-state index is 13.1. The van der Waals surface area contributed by atoms with Crippen molar-refractivity contribution in [3.63, 3.8) is 0 Å². The topological polar surface area (TPSA) is 71.8 Å². The molecule has 6 nitrogen and oxygen atoms in total. The van der Waals surface area contributed by atoms with Gasteiger partial charge in [-0.1, -0.05) is 30.3 Å². The monoisotopic (exact) mass is 413 g/mol. The van der Waals surface area contributed by atoms with Gasteiger partial charge < -0.3 is 10.6 Å². The number of nitrogens with zero attached hydrogens (tertiary/aromatic N) is 3. The predicted molar refractivity (Wildman–Crippen MR) is 124 cm³/mol. The SMILES string of the molecule is CNCc1ccc(C)c(C(=O)N[C@H](C)c2cc(-c3cnn(C)c3)nc3ccccc23)c1. The maximum absolute atomic E-state index is 13.1. The van der Waals surface area contributed by atoms with Crippen molar-refractivity contribution in [2.24, 2.45) is 7.05 Å². The highest BCUT2D eigenvalue weighted by Crippen LogP contribution is 2.29. The first-order valence-corrected chi connectivity index (χ1v) is 10.4. The van der Waals surface area contributed by atoms with Gasteiger partial charge in [-0.05, 0) is 55.8 Å². The molecule has 4 aromatic rings. The molecule has 6 heteroatoms. The van der Waals surface area contributed by atoms with Gasteiger partial charge in [0.1, 0.15) is 0 Å². The van der Waals surface area contributed by atoms with Crippen molar-refractivity contribution in [1.82, 2.24) is 25.4 Å². The van der Waals surface area contributed by atoms with Gasteiger partial charge in [0.15, 0.2) is 0 Å². The molecule has 0 aliphatic carbocycles. The van der Waals surface area contributed by atoms with Crippen LogP contribution in [0.25, 0.3) is 22.2 Å². The van der Waals surface area contributed by atoms with Crippen LogP contribution in [-0.4, -0.2) is 27.7 Å². The van der Waals surface area contributed by atoms with E-state index in [4.69, 9.17) is 4.98 Å². The molecule has 1 atom stereocenters. The van der Waals surface area contributed by atoms with Crippen LogP contribution >= 0.6 is 0 Å². The van der Waals surface area contributed by atoms with Crippen LogP contribution in [0.5, 0.6) is 0 Å². The fourth-order valence-electron chi connectivity index (χ4n) is 3.84. The van der Waals surface area contributed by atoms with Crippen LogP contribution < -0.4 is 10.6 Å². The summed E-state index contributed by atoms with van der Waals surface area (Å²) in [5, 5.41) is 11.6. The molecular formula is C25H27N5O. The molecule has 0 radical (unpaired) electrons. The summed E-state index contributed by atoms with van der Waals surface area (Å²) in [6, 6.07) is 15.9. The summed E-state index contributed by atoms with van der Waals surface area (Å²) in [5.41, 5.74) is 6.46. The molecule has 2 aromatic carbocycles. The van der Waals surface area contributed by atoms with Gasteiger partial charge in [-0.3, -0.25) is 9.48 Å². The zero-order chi connectivity index (χ0) is 22.0. The van der Waals surface area contributed by atoms with Crippen molar-refractivity contribution < 1.29 is 4.79 Å². The normalized spacial score (nSPS) is 12.1. The molecule has 2 N–H and O–H groups in total. The Morgan fingerprint density at radius 3 is 2.71 bits per heavy atom. The number of fused-ring (bicyclic) bond motifs is 1. The van der Waals surface area contributed by atoms with E-state index in [1.165, 1.54) is 0 Å². The third kappa shape index (κ3) is 4.34. The lowest BCUT2D eigenvalue weighted by molar-refractivity contribution is 0.0939. The van der Waals surface area contributed by atoms with Crippen molar-refractivity contribution in [3.8, 4) is 11.3 Å². The molecule has 0 fully saturated rings. The summed E-state index contributed by atoms with van der Waals surface area (Å²) in [6.07, 6.45) is 3.75.